The number of carbonyl (C=O) groups is 3. The fraction of sp³-hybridized carbons (Fsp3) is 0.615. The molecule has 0 bridgehead atoms. The van der Waals surface area contributed by atoms with Crippen molar-refractivity contribution in [2.24, 2.45) is 5.92 Å². The van der Waals surface area contributed by atoms with Gasteiger partial charge >= 0.3 is 11.9 Å². The highest BCUT2D eigenvalue weighted by Crippen LogP contribution is 2.20. The van der Waals surface area contributed by atoms with Crippen LogP contribution in [0.2, 0.25) is 0 Å². The van der Waals surface area contributed by atoms with Crippen LogP contribution in [0.4, 0.5) is 0 Å². The van der Waals surface area contributed by atoms with E-state index in [1.165, 1.54) is 0 Å². The zero-order valence-corrected chi connectivity index (χ0v) is 10.7. The highest BCUT2D eigenvalue weighted by atomic mass is 16.4. The summed E-state index contributed by atoms with van der Waals surface area (Å²) in [6, 6.07) is -1.00. The van der Waals surface area contributed by atoms with Crippen molar-refractivity contribution in [2.75, 3.05) is 0 Å². The van der Waals surface area contributed by atoms with Crippen LogP contribution in [0.3, 0.4) is 0 Å². The molecule has 0 aromatic heterocycles. The molecule has 0 radical (unpaired) electrons. The number of allylic oxidation sites excluding steroid dienone is 2. The lowest BCUT2D eigenvalue weighted by Gasteiger charge is -2.15. The molecule has 6 nitrogen and oxygen atoms in total. The smallest absolute Gasteiger partial charge is 0.326 e. The minimum Gasteiger partial charge on any atom is -0.481 e. The second kappa shape index (κ2) is 7.56. The van der Waals surface area contributed by atoms with E-state index >= 15 is 0 Å². The zero-order valence-electron chi connectivity index (χ0n) is 10.7. The third-order valence-corrected chi connectivity index (χ3v) is 3.08. The third kappa shape index (κ3) is 6.03. The highest BCUT2D eigenvalue weighted by molar-refractivity contribution is 5.83. The molecule has 0 heterocycles. The van der Waals surface area contributed by atoms with Crippen LogP contribution in [0.15, 0.2) is 12.2 Å². The van der Waals surface area contributed by atoms with Crippen LogP contribution in [-0.2, 0) is 14.4 Å². The molecule has 0 saturated heterocycles. The first-order valence-corrected chi connectivity index (χ1v) is 6.39. The van der Waals surface area contributed by atoms with Crippen LogP contribution in [0.5, 0.6) is 0 Å². The van der Waals surface area contributed by atoms with Gasteiger partial charge in [-0.25, -0.2) is 4.79 Å². The first-order chi connectivity index (χ1) is 8.99. The van der Waals surface area contributed by atoms with E-state index in [9.17, 15) is 14.4 Å². The Morgan fingerprint density at radius 3 is 2.58 bits per heavy atom. The first-order valence-electron chi connectivity index (χ1n) is 6.39. The van der Waals surface area contributed by atoms with E-state index in [2.05, 4.69) is 5.32 Å². The number of hydrogen-bond acceptors (Lipinski definition) is 3. The van der Waals surface area contributed by atoms with Gasteiger partial charge in [-0.05, 0) is 31.6 Å². The summed E-state index contributed by atoms with van der Waals surface area (Å²) in [5.41, 5.74) is 0. The Balaban J connectivity index is 2.34. The SMILES string of the molecule is O=C(O)CCC[C@@H](NC(=O)CC1C=CCC1)C(=O)O. The summed E-state index contributed by atoms with van der Waals surface area (Å²) >= 11 is 0. The minimum absolute atomic E-state index is 0.0922. The molecule has 1 aliphatic rings. The predicted molar refractivity (Wildman–Crippen MR) is 67.5 cm³/mol. The maximum Gasteiger partial charge on any atom is 0.326 e. The van der Waals surface area contributed by atoms with Crippen molar-refractivity contribution >= 4 is 17.8 Å². The van der Waals surface area contributed by atoms with Crippen LogP contribution < -0.4 is 5.32 Å². The van der Waals surface area contributed by atoms with Crippen LogP contribution in [0.25, 0.3) is 0 Å². The molecule has 0 aliphatic heterocycles. The number of carboxylic acid groups (broad SMARTS) is 2. The topological polar surface area (TPSA) is 104 Å². The van der Waals surface area contributed by atoms with Crippen molar-refractivity contribution in [3.63, 3.8) is 0 Å². The quantitative estimate of drug-likeness (QED) is 0.574. The van der Waals surface area contributed by atoms with Gasteiger partial charge in [0.1, 0.15) is 6.04 Å². The average Bonchev–Trinajstić information content (AvgIpc) is 2.79. The van der Waals surface area contributed by atoms with Crippen molar-refractivity contribution in [1.82, 2.24) is 5.32 Å². The molecule has 1 rings (SSSR count). The van der Waals surface area contributed by atoms with Gasteiger partial charge in [0.25, 0.3) is 0 Å². The second-order valence-electron chi connectivity index (χ2n) is 4.71. The van der Waals surface area contributed by atoms with Crippen molar-refractivity contribution in [2.45, 2.75) is 44.6 Å². The van der Waals surface area contributed by atoms with E-state index in [1.54, 1.807) is 0 Å². The molecule has 6 heteroatoms. The second-order valence-corrected chi connectivity index (χ2v) is 4.71. The summed E-state index contributed by atoms with van der Waals surface area (Å²) in [6.07, 6.45) is 6.43. The fourth-order valence-corrected chi connectivity index (χ4v) is 2.07. The minimum atomic E-state index is -1.12. The van der Waals surface area contributed by atoms with Gasteiger partial charge < -0.3 is 15.5 Å². The summed E-state index contributed by atoms with van der Waals surface area (Å²) in [7, 11) is 0. The Labute approximate surface area is 111 Å². The molecule has 0 spiro atoms. The van der Waals surface area contributed by atoms with Crippen molar-refractivity contribution < 1.29 is 24.6 Å². The zero-order chi connectivity index (χ0) is 14.3. The lowest BCUT2D eigenvalue weighted by atomic mass is 10.0. The van der Waals surface area contributed by atoms with Crippen LogP contribution in [-0.4, -0.2) is 34.1 Å². The Kier molecular flexibility index (Phi) is 6.05. The van der Waals surface area contributed by atoms with Gasteiger partial charge in [0.2, 0.25) is 5.91 Å². The molecule has 1 aliphatic carbocycles. The van der Waals surface area contributed by atoms with Gasteiger partial charge in [-0.15, -0.1) is 0 Å². The Hall–Kier alpha value is -1.85. The monoisotopic (exact) mass is 269 g/mol. The van der Waals surface area contributed by atoms with Crippen LogP contribution in [0.1, 0.15) is 38.5 Å². The molecule has 2 atom stereocenters. The largest absolute Gasteiger partial charge is 0.481 e. The maximum atomic E-state index is 11.7. The number of nitrogens with one attached hydrogen (secondary N) is 1. The molecule has 0 saturated carbocycles. The standard InChI is InChI=1S/C13H19NO5/c15-11(8-9-4-1-2-5-9)14-10(13(18)19)6-3-7-12(16)17/h1,4,9-10H,2-3,5-8H2,(H,14,15)(H,16,17)(H,18,19)/t9?,10-/m1/s1. The van der Waals surface area contributed by atoms with Gasteiger partial charge in [0.15, 0.2) is 0 Å². The van der Waals surface area contributed by atoms with E-state index < -0.39 is 18.0 Å². The molecule has 0 aromatic rings. The van der Waals surface area contributed by atoms with Gasteiger partial charge in [-0.3, -0.25) is 9.59 Å². The van der Waals surface area contributed by atoms with Crippen molar-refractivity contribution in [3.05, 3.63) is 12.2 Å². The molecule has 1 amide bonds. The summed E-state index contributed by atoms with van der Waals surface area (Å²) in [5, 5.41) is 19.9. The molecule has 1 unspecified atom stereocenters. The maximum absolute atomic E-state index is 11.7. The number of carbonyl (C=O) groups excluding carboxylic acids is 1. The highest BCUT2D eigenvalue weighted by Gasteiger charge is 2.21. The number of aliphatic carboxylic acids is 2. The van der Waals surface area contributed by atoms with Gasteiger partial charge in [-0.1, -0.05) is 12.2 Å². The van der Waals surface area contributed by atoms with E-state index in [1.807, 2.05) is 12.2 Å². The van der Waals surface area contributed by atoms with Gasteiger partial charge in [0, 0.05) is 12.8 Å². The summed E-state index contributed by atoms with van der Waals surface area (Å²) in [6.45, 7) is 0. The third-order valence-electron chi connectivity index (χ3n) is 3.08. The Bertz CT molecular complexity index is 377. The van der Waals surface area contributed by atoms with Crippen molar-refractivity contribution in [3.8, 4) is 0 Å². The molecule has 19 heavy (non-hydrogen) atoms. The Morgan fingerprint density at radius 2 is 2.05 bits per heavy atom. The number of rotatable bonds is 8. The Morgan fingerprint density at radius 1 is 1.32 bits per heavy atom. The lowest BCUT2D eigenvalue weighted by Crippen LogP contribution is -2.41. The van der Waals surface area contributed by atoms with E-state index in [4.69, 9.17) is 10.2 Å². The predicted octanol–water partition coefficient (Wildman–Crippen LogP) is 1.17. The number of amides is 1. The fourth-order valence-electron chi connectivity index (χ4n) is 2.07. The summed E-state index contributed by atoms with van der Waals surface area (Å²) in [4.78, 5) is 33.0. The number of hydrogen-bond donors (Lipinski definition) is 3. The molecule has 106 valence electrons. The number of carboxylic acids is 2. The van der Waals surface area contributed by atoms with Crippen LogP contribution >= 0.6 is 0 Å². The van der Waals surface area contributed by atoms with Gasteiger partial charge in [-0.2, -0.15) is 0 Å². The molecular formula is C13H19NO5. The van der Waals surface area contributed by atoms with E-state index in [0.29, 0.717) is 6.42 Å². The van der Waals surface area contributed by atoms with E-state index in [0.717, 1.165) is 12.8 Å². The first kappa shape index (κ1) is 15.2. The molecule has 3 N–H and O–H groups in total. The van der Waals surface area contributed by atoms with Crippen LogP contribution in [0, 0.1) is 5.92 Å². The molecule has 0 aromatic carbocycles. The summed E-state index contributed by atoms with van der Waals surface area (Å²) < 4.78 is 0. The van der Waals surface area contributed by atoms with Gasteiger partial charge in [0.05, 0.1) is 0 Å². The molecular weight excluding hydrogens is 250 g/mol. The molecule has 0 fully saturated rings. The van der Waals surface area contributed by atoms with Crippen molar-refractivity contribution in [1.29, 1.82) is 0 Å². The normalized spacial score (nSPS) is 19.1. The van der Waals surface area contributed by atoms with E-state index in [-0.39, 0.29) is 31.1 Å². The average molecular weight is 269 g/mol. The summed E-state index contributed by atoms with van der Waals surface area (Å²) in [5.74, 6) is -2.19. The lowest BCUT2D eigenvalue weighted by molar-refractivity contribution is -0.142.